The fourth-order valence-corrected chi connectivity index (χ4v) is 4.59. The number of nitrogens with zero attached hydrogens (tertiary/aromatic N) is 4. The van der Waals surface area contributed by atoms with Gasteiger partial charge in [-0.2, -0.15) is 5.10 Å². The van der Waals surface area contributed by atoms with Crippen molar-refractivity contribution >= 4 is 17.5 Å². The van der Waals surface area contributed by atoms with Gasteiger partial charge in [-0.15, -0.1) is 0 Å². The third-order valence-corrected chi connectivity index (χ3v) is 6.77. The van der Waals surface area contributed by atoms with Gasteiger partial charge in [-0.25, -0.2) is 22.7 Å². The maximum atomic E-state index is 14.4. The number of rotatable bonds is 7. The molecule has 32 heavy (non-hydrogen) atoms. The number of hydrogen-bond acceptors (Lipinski definition) is 4. The molecule has 1 aliphatic heterocycles. The van der Waals surface area contributed by atoms with Crippen molar-refractivity contribution in [1.82, 2.24) is 19.9 Å². The maximum Gasteiger partial charge on any atom is 0.258 e. The Labute approximate surface area is 186 Å². The molecule has 3 atom stereocenters. The molecule has 1 N–H and O–H groups in total. The van der Waals surface area contributed by atoms with E-state index in [1.807, 2.05) is 19.3 Å². The Hall–Kier alpha value is -2.61. The summed E-state index contributed by atoms with van der Waals surface area (Å²) in [5.74, 6) is -0.0347. The lowest BCUT2D eigenvalue weighted by molar-refractivity contribution is 0.0997. The van der Waals surface area contributed by atoms with E-state index in [4.69, 9.17) is 4.98 Å². The van der Waals surface area contributed by atoms with Crippen LogP contribution in [0, 0.1) is 5.92 Å². The van der Waals surface area contributed by atoms with Gasteiger partial charge in [-0.05, 0) is 58.7 Å². The van der Waals surface area contributed by atoms with E-state index < -0.39 is 24.3 Å². The summed E-state index contributed by atoms with van der Waals surface area (Å²) in [6, 6.07) is -1.58. The topological polar surface area (TPSA) is 45.5 Å². The number of fused-ring (bicyclic) bond motifs is 2. The van der Waals surface area contributed by atoms with Crippen LogP contribution in [0.15, 0.2) is 43.0 Å². The van der Waals surface area contributed by atoms with Crippen molar-refractivity contribution in [2.75, 3.05) is 11.9 Å². The Morgan fingerprint density at radius 2 is 2.16 bits per heavy atom. The van der Waals surface area contributed by atoms with Crippen molar-refractivity contribution in [2.45, 2.75) is 63.6 Å². The normalized spacial score (nSPS) is 23.5. The predicted octanol–water partition coefficient (Wildman–Crippen LogP) is 4.94. The van der Waals surface area contributed by atoms with Crippen LogP contribution in [0.1, 0.15) is 44.2 Å². The first-order valence-corrected chi connectivity index (χ1v) is 11.0. The number of anilines is 1. The predicted molar refractivity (Wildman–Crippen MR) is 122 cm³/mol. The molecule has 3 unspecified atom stereocenters. The van der Waals surface area contributed by atoms with Gasteiger partial charge in [0.15, 0.2) is 5.65 Å². The van der Waals surface area contributed by atoms with Crippen molar-refractivity contribution in [3.63, 3.8) is 0 Å². The Morgan fingerprint density at radius 1 is 1.38 bits per heavy atom. The van der Waals surface area contributed by atoms with E-state index in [1.165, 1.54) is 12.2 Å². The lowest BCUT2D eigenvalue weighted by atomic mass is 9.83. The molecule has 2 aromatic rings. The van der Waals surface area contributed by atoms with Crippen molar-refractivity contribution < 1.29 is 13.2 Å². The Balaban J connectivity index is 1.79. The minimum absolute atomic E-state index is 0.110. The van der Waals surface area contributed by atoms with Gasteiger partial charge in [0.1, 0.15) is 11.6 Å². The zero-order valence-corrected chi connectivity index (χ0v) is 18.7. The summed E-state index contributed by atoms with van der Waals surface area (Å²) < 4.78 is 44.5. The third-order valence-electron chi connectivity index (χ3n) is 6.77. The molecule has 0 saturated heterocycles. The summed E-state index contributed by atoms with van der Waals surface area (Å²) in [7, 11) is 1.90. The zero-order chi connectivity index (χ0) is 23.0. The summed E-state index contributed by atoms with van der Waals surface area (Å²) in [4.78, 5) is 6.41. The van der Waals surface area contributed by atoms with E-state index in [1.54, 1.807) is 21.7 Å². The quantitative estimate of drug-likeness (QED) is 0.655. The molecule has 4 rings (SSSR count). The zero-order valence-electron chi connectivity index (χ0n) is 18.7. The summed E-state index contributed by atoms with van der Waals surface area (Å²) in [5.41, 5.74) is 2.01. The molecular weight excluding hydrogens is 415 g/mol. The van der Waals surface area contributed by atoms with E-state index in [9.17, 15) is 13.2 Å². The summed E-state index contributed by atoms with van der Waals surface area (Å²) in [6.45, 7) is 7.98. The van der Waals surface area contributed by atoms with Crippen LogP contribution in [0.3, 0.4) is 0 Å². The van der Waals surface area contributed by atoms with Gasteiger partial charge in [0, 0.05) is 28.8 Å². The molecule has 0 bridgehead atoms. The van der Waals surface area contributed by atoms with Crippen LogP contribution in [0.5, 0.6) is 0 Å². The van der Waals surface area contributed by atoms with Crippen LogP contribution >= 0.6 is 0 Å². The fraction of sp³-hybridized carbons (Fsp3) is 0.500. The van der Waals surface area contributed by atoms with Gasteiger partial charge < -0.3 is 10.2 Å². The van der Waals surface area contributed by atoms with E-state index in [0.29, 0.717) is 17.9 Å². The van der Waals surface area contributed by atoms with Gasteiger partial charge in [0.2, 0.25) is 0 Å². The van der Waals surface area contributed by atoms with Crippen molar-refractivity contribution in [1.29, 1.82) is 0 Å². The number of aryl methyl sites for hydroxylation is 1. The molecule has 0 fully saturated rings. The van der Waals surface area contributed by atoms with Crippen LogP contribution in [0.2, 0.25) is 0 Å². The SMILES string of the molecule is C=Cc1cnn2cc3c(nc12)N(C1C=C(F)C=CC1CCC(C)(C)NC)C(C(F)F)CC3. The fourth-order valence-electron chi connectivity index (χ4n) is 4.59. The monoisotopic (exact) mass is 445 g/mol. The summed E-state index contributed by atoms with van der Waals surface area (Å²) >= 11 is 0. The molecule has 2 aliphatic rings. The van der Waals surface area contributed by atoms with Crippen molar-refractivity contribution in [3.8, 4) is 0 Å². The Bertz CT molecular complexity index is 1060. The second-order valence-electron chi connectivity index (χ2n) is 9.25. The van der Waals surface area contributed by atoms with Crippen LogP contribution < -0.4 is 10.2 Å². The first kappa shape index (κ1) is 22.6. The van der Waals surface area contributed by atoms with Crippen LogP contribution in [-0.2, 0) is 6.42 Å². The molecular formula is C24H30F3N5. The number of nitrogens with one attached hydrogen (secondary N) is 1. The highest BCUT2D eigenvalue weighted by Gasteiger charge is 2.41. The molecule has 8 heteroatoms. The minimum atomic E-state index is -2.57. The molecule has 3 heterocycles. The summed E-state index contributed by atoms with van der Waals surface area (Å²) in [5, 5.41) is 7.59. The molecule has 5 nitrogen and oxygen atoms in total. The number of alkyl halides is 2. The van der Waals surface area contributed by atoms with E-state index in [0.717, 1.165) is 24.0 Å². The lowest BCUT2D eigenvalue weighted by Gasteiger charge is -2.45. The van der Waals surface area contributed by atoms with Gasteiger partial charge >= 0.3 is 0 Å². The largest absolute Gasteiger partial charge is 0.340 e. The van der Waals surface area contributed by atoms with Crippen molar-refractivity contribution in [3.05, 3.63) is 54.2 Å². The number of aromatic nitrogens is 3. The molecule has 0 saturated carbocycles. The van der Waals surface area contributed by atoms with Crippen LogP contribution in [0.4, 0.5) is 19.0 Å². The lowest BCUT2D eigenvalue weighted by Crippen LogP contribution is -2.53. The smallest absolute Gasteiger partial charge is 0.258 e. The average molecular weight is 446 g/mol. The molecule has 1 aliphatic carbocycles. The van der Waals surface area contributed by atoms with Crippen LogP contribution in [0.25, 0.3) is 11.7 Å². The number of hydrogen-bond donors (Lipinski definition) is 1. The number of halogens is 3. The highest BCUT2D eigenvalue weighted by atomic mass is 19.3. The van der Waals surface area contributed by atoms with Gasteiger partial charge in [0.05, 0.1) is 18.3 Å². The molecule has 0 amide bonds. The van der Waals surface area contributed by atoms with Gasteiger partial charge in [-0.1, -0.05) is 18.7 Å². The number of allylic oxidation sites excluding steroid dienone is 2. The maximum absolute atomic E-state index is 14.4. The standard InChI is InChI=1S/C24H30F3N5/c1-5-15-13-29-31-14-17-7-9-19(21(26)27)32(23(17)30-22(15)31)20-12-18(25)8-6-16(20)10-11-24(2,3)28-4/h5-6,8,12-14,16,19-21,28H,1,7,9-11H2,2-4H3. The first-order chi connectivity index (χ1) is 15.2. The van der Waals surface area contributed by atoms with Gasteiger partial charge in [-0.3, -0.25) is 0 Å². The Kier molecular flexibility index (Phi) is 6.16. The van der Waals surface area contributed by atoms with E-state index in [2.05, 4.69) is 30.8 Å². The molecule has 2 aromatic heterocycles. The van der Waals surface area contributed by atoms with Gasteiger partial charge in [0.25, 0.3) is 6.43 Å². The second-order valence-corrected chi connectivity index (χ2v) is 9.25. The molecule has 0 spiro atoms. The molecule has 0 radical (unpaired) electrons. The molecule has 0 aromatic carbocycles. The second kappa shape index (κ2) is 8.73. The van der Waals surface area contributed by atoms with Crippen LogP contribution in [-0.4, -0.2) is 45.7 Å². The minimum Gasteiger partial charge on any atom is -0.340 e. The summed E-state index contributed by atoms with van der Waals surface area (Å²) in [6.07, 6.45) is 9.60. The first-order valence-electron chi connectivity index (χ1n) is 11.0. The molecule has 172 valence electrons. The average Bonchev–Trinajstić information content (AvgIpc) is 3.17. The third kappa shape index (κ3) is 4.20. The van der Waals surface area contributed by atoms with E-state index in [-0.39, 0.29) is 17.9 Å². The highest BCUT2D eigenvalue weighted by Crippen LogP contribution is 2.39. The highest BCUT2D eigenvalue weighted by molar-refractivity contribution is 5.67. The Morgan fingerprint density at radius 3 is 2.84 bits per heavy atom. The van der Waals surface area contributed by atoms with Crippen molar-refractivity contribution in [2.24, 2.45) is 5.92 Å². The van der Waals surface area contributed by atoms with E-state index >= 15 is 0 Å².